The first-order valence-corrected chi connectivity index (χ1v) is 23.0. The minimum absolute atomic E-state index is 0.0174. The zero-order chi connectivity index (χ0) is 45.2. The van der Waals surface area contributed by atoms with Gasteiger partial charge in [-0.3, -0.25) is 9.59 Å². The molecule has 0 aromatic heterocycles. The van der Waals surface area contributed by atoms with Gasteiger partial charge in [0.25, 0.3) is 0 Å². The first-order chi connectivity index (χ1) is 29.4. The predicted octanol–water partition coefficient (Wildman–Crippen LogP) is 7.90. The molecule has 348 valence electrons. The maximum atomic E-state index is 13.5. The van der Waals surface area contributed by atoms with Gasteiger partial charge in [-0.05, 0) is 69.8 Å². The van der Waals surface area contributed by atoms with E-state index in [-0.39, 0.29) is 79.2 Å². The minimum atomic E-state index is -1.05. The molecular formula is C49H74O13. The summed E-state index contributed by atoms with van der Waals surface area (Å²) in [5.41, 5.74) is 0.534. The van der Waals surface area contributed by atoms with E-state index in [1.807, 2.05) is 37.3 Å². The van der Waals surface area contributed by atoms with Crippen molar-refractivity contribution in [2.75, 3.05) is 27.9 Å². The summed E-state index contributed by atoms with van der Waals surface area (Å²) in [5.74, 6) is -3.89. The highest BCUT2D eigenvalue weighted by Gasteiger charge is 2.62. The Bertz CT molecular complexity index is 1740. The van der Waals surface area contributed by atoms with Gasteiger partial charge in [-0.2, -0.15) is 0 Å². The molecule has 5 saturated heterocycles. The third kappa shape index (κ3) is 9.84. The van der Waals surface area contributed by atoms with Gasteiger partial charge in [0.15, 0.2) is 5.79 Å². The van der Waals surface area contributed by atoms with Crippen molar-refractivity contribution in [3.05, 3.63) is 47.5 Å². The lowest BCUT2D eigenvalue weighted by atomic mass is 9.76. The van der Waals surface area contributed by atoms with Crippen molar-refractivity contribution in [2.45, 2.75) is 180 Å². The van der Waals surface area contributed by atoms with Crippen LogP contribution in [0.15, 0.2) is 42.0 Å². The van der Waals surface area contributed by atoms with E-state index in [2.05, 4.69) is 41.5 Å². The third-order valence-electron chi connectivity index (χ3n) is 15.2. The van der Waals surface area contributed by atoms with Crippen LogP contribution < -0.4 is 0 Å². The second-order valence-electron chi connectivity index (χ2n) is 19.4. The van der Waals surface area contributed by atoms with Crippen LogP contribution >= 0.6 is 0 Å². The van der Waals surface area contributed by atoms with Gasteiger partial charge in [-0.1, -0.05) is 77.4 Å². The molecule has 0 radical (unpaired) electrons. The summed E-state index contributed by atoms with van der Waals surface area (Å²) in [4.78, 5) is 38.0. The molecule has 0 amide bonds. The highest BCUT2D eigenvalue weighted by atomic mass is 16.7. The summed E-state index contributed by atoms with van der Waals surface area (Å²) in [6, 6.07) is 9.61. The molecule has 13 nitrogen and oxygen atoms in total. The summed E-state index contributed by atoms with van der Waals surface area (Å²) in [5, 5.41) is 0. The quantitative estimate of drug-likeness (QED) is 0.0959. The van der Waals surface area contributed by atoms with Crippen LogP contribution in [0.25, 0.3) is 0 Å². The van der Waals surface area contributed by atoms with Crippen molar-refractivity contribution in [1.82, 2.24) is 0 Å². The molecule has 1 aromatic rings. The van der Waals surface area contributed by atoms with Gasteiger partial charge >= 0.3 is 17.9 Å². The Morgan fingerprint density at radius 3 is 2.29 bits per heavy atom. The topological polar surface area (TPSA) is 144 Å². The number of hydrogen-bond donors (Lipinski definition) is 0. The third-order valence-corrected chi connectivity index (χ3v) is 15.2. The lowest BCUT2D eigenvalue weighted by Crippen LogP contribution is -2.57. The zero-order valence-electron chi connectivity index (χ0n) is 39.3. The van der Waals surface area contributed by atoms with Gasteiger partial charge in [0.1, 0.15) is 13.2 Å². The van der Waals surface area contributed by atoms with Crippen LogP contribution in [0.3, 0.4) is 0 Å². The molecule has 0 bridgehead atoms. The second kappa shape index (κ2) is 19.7. The van der Waals surface area contributed by atoms with Crippen LogP contribution in [0.5, 0.6) is 0 Å². The molecular weight excluding hydrogens is 797 g/mol. The Balaban J connectivity index is 1.21. The zero-order valence-corrected chi connectivity index (χ0v) is 39.3. The normalized spacial score (nSPS) is 40.6. The average molecular weight is 871 g/mol. The van der Waals surface area contributed by atoms with E-state index in [4.69, 9.17) is 47.4 Å². The van der Waals surface area contributed by atoms with Gasteiger partial charge in [0, 0.05) is 57.8 Å². The van der Waals surface area contributed by atoms with Gasteiger partial charge in [-0.25, -0.2) is 4.79 Å². The lowest BCUT2D eigenvalue weighted by molar-refractivity contribution is -0.333. The molecule has 5 heterocycles. The van der Waals surface area contributed by atoms with E-state index < -0.39 is 46.9 Å². The number of methoxy groups -OCH3 is 3. The maximum absolute atomic E-state index is 13.5. The fourth-order valence-electron chi connectivity index (χ4n) is 11.6. The first kappa shape index (κ1) is 48.5. The molecule has 0 saturated carbocycles. The Labute approximate surface area is 369 Å². The summed E-state index contributed by atoms with van der Waals surface area (Å²) in [7, 11) is 4.59. The number of benzene rings is 1. The lowest BCUT2D eigenvalue weighted by Gasteiger charge is -2.48. The van der Waals surface area contributed by atoms with Gasteiger partial charge in [0.2, 0.25) is 5.79 Å². The SMILES string of the molecule is CC[C@]1([C@@H]2O[C@@H]([C@H]3O[C@](COC(C)=O)(OC)[C@H](C)C[C@@H]3C)C[C@@H]2C)CC[C@H]([C@@]2(C)CC[C@]3(C/C(=C\C(=O)OCc4ccccc4)[C@@H](C)[C@@H]([C@@H](C)[C@@H](OC)[C@H](C)C(=O)OC)O3)O2)O1. The van der Waals surface area contributed by atoms with E-state index in [9.17, 15) is 14.4 Å². The number of ether oxygens (including phenoxy) is 10. The highest BCUT2D eigenvalue weighted by Crippen LogP contribution is 2.56. The number of esters is 3. The van der Waals surface area contributed by atoms with Crippen LogP contribution in [0.1, 0.15) is 119 Å². The van der Waals surface area contributed by atoms with E-state index >= 15 is 0 Å². The monoisotopic (exact) mass is 871 g/mol. The van der Waals surface area contributed by atoms with Gasteiger partial charge in [0.05, 0.1) is 60.9 Å². The van der Waals surface area contributed by atoms with Crippen LogP contribution in [0.2, 0.25) is 0 Å². The summed E-state index contributed by atoms with van der Waals surface area (Å²) in [6.45, 7) is 18.3. The first-order valence-electron chi connectivity index (χ1n) is 23.0. The van der Waals surface area contributed by atoms with E-state index in [0.717, 1.165) is 43.2 Å². The van der Waals surface area contributed by atoms with E-state index in [1.165, 1.54) is 14.0 Å². The Morgan fingerprint density at radius 1 is 0.919 bits per heavy atom. The van der Waals surface area contributed by atoms with Gasteiger partial charge in [-0.15, -0.1) is 0 Å². The highest BCUT2D eigenvalue weighted by molar-refractivity contribution is 5.83. The molecule has 16 atom stereocenters. The van der Waals surface area contributed by atoms with Gasteiger partial charge < -0.3 is 47.4 Å². The van der Waals surface area contributed by atoms with Crippen molar-refractivity contribution in [1.29, 1.82) is 0 Å². The molecule has 6 rings (SSSR count). The van der Waals surface area contributed by atoms with Crippen molar-refractivity contribution in [2.24, 2.45) is 35.5 Å². The van der Waals surface area contributed by atoms with Crippen LogP contribution in [-0.4, -0.2) is 105 Å². The van der Waals surface area contributed by atoms with E-state index in [1.54, 1.807) is 27.2 Å². The average Bonchev–Trinajstić information content (AvgIpc) is 3.97. The summed E-state index contributed by atoms with van der Waals surface area (Å²) in [6.07, 6.45) is 5.45. The molecule has 5 aliphatic heterocycles. The van der Waals surface area contributed by atoms with Crippen molar-refractivity contribution >= 4 is 17.9 Å². The molecule has 62 heavy (non-hydrogen) atoms. The number of rotatable bonds is 15. The summed E-state index contributed by atoms with van der Waals surface area (Å²) >= 11 is 0. The van der Waals surface area contributed by atoms with Crippen molar-refractivity contribution in [3.8, 4) is 0 Å². The standard InChI is InChI=1S/C49H74O13/c1-13-47(44-30(3)24-38(58-44)41-29(2)23-31(4)49(55-12,61-41)28-57-35(8)50)20-19-39(59-47)46(9)21-22-48(62-46)26-37(25-40(51)56-27-36-17-15-14-16-18-36)32(5)43(60-48)33(6)42(53-10)34(7)45(52)54-11/h14-18,25,29-34,38-39,41-44H,13,19-24,26-28H2,1-12H3/b37-25+/t29-,30-,31+,32+,33-,34-,38+,39+,41-,42+,43-,44+,46+,47+,48+,49-/m0/s1. The van der Waals surface area contributed by atoms with Crippen LogP contribution in [-0.2, 0) is 68.4 Å². The molecule has 0 unspecified atom stereocenters. The second-order valence-corrected chi connectivity index (χ2v) is 19.4. The number of carbonyl (C=O) groups excluding carboxylic acids is 3. The fourth-order valence-corrected chi connectivity index (χ4v) is 11.6. The molecule has 5 fully saturated rings. The molecule has 13 heteroatoms. The molecule has 5 aliphatic rings. The van der Waals surface area contributed by atoms with E-state index in [0.29, 0.717) is 19.3 Å². The number of hydrogen-bond acceptors (Lipinski definition) is 13. The van der Waals surface area contributed by atoms with Crippen LogP contribution in [0.4, 0.5) is 0 Å². The van der Waals surface area contributed by atoms with Crippen molar-refractivity contribution in [3.63, 3.8) is 0 Å². The smallest absolute Gasteiger partial charge is 0.331 e. The maximum Gasteiger partial charge on any atom is 0.331 e. The molecule has 1 aromatic carbocycles. The Kier molecular flexibility index (Phi) is 15.4. The fraction of sp³-hybridized carbons (Fsp3) is 0.776. The largest absolute Gasteiger partial charge is 0.469 e. The molecule has 0 N–H and O–H groups in total. The minimum Gasteiger partial charge on any atom is -0.469 e. The molecule has 1 spiro atoms. The van der Waals surface area contributed by atoms with Crippen LogP contribution in [0, 0.1) is 35.5 Å². The Morgan fingerprint density at radius 2 is 1.65 bits per heavy atom. The van der Waals surface area contributed by atoms with Crippen molar-refractivity contribution < 1.29 is 61.8 Å². The molecule has 0 aliphatic carbocycles. The predicted molar refractivity (Wildman–Crippen MR) is 229 cm³/mol. The number of carbonyl (C=O) groups is 3. The Hall–Kier alpha value is -2.91. The summed E-state index contributed by atoms with van der Waals surface area (Å²) < 4.78 is 63.7.